The Bertz CT molecular complexity index is 562. The van der Waals surface area contributed by atoms with Gasteiger partial charge in [-0.25, -0.2) is 0 Å². The summed E-state index contributed by atoms with van der Waals surface area (Å²) in [6.45, 7) is 4.46. The number of nitrogens with one attached hydrogen (secondary N) is 1. The fraction of sp³-hybridized carbons (Fsp3) is 0.571. The van der Waals surface area contributed by atoms with E-state index in [-0.39, 0.29) is 12.1 Å². The van der Waals surface area contributed by atoms with E-state index in [4.69, 9.17) is 0 Å². The Kier molecular flexibility index (Phi) is 5.23. The molecule has 0 aliphatic carbocycles. The maximum absolute atomic E-state index is 12.5. The lowest BCUT2D eigenvalue weighted by Crippen LogP contribution is -2.48. The molecule has 4 nitrogen and oxygen atoms in total. The largest absolute Gasteiger partial charge is 0.280 e. The van der Waals surface area contributed by atoms with Crippen LogP contribution in [0.5, 0.6) is 0 Å². The molecule has 1 aliphatic heterocycles. The fourth-order valence-corrected chi connectivity index (χ4v) is 4.65. The molecule has 0 saturated carbocycles. The lowest BCUT2D eigenvalue weighted by molar-refractivity contribution is 0.264. The van der Waals surface area contributed by atoms with Crippen LogP contribution in [-0.4, -0.2) is 25.3 Å². The minimum absolute atomic E-state index is 0.0796. The van der Waals surface area contributed by atoms with Crippen molar-refractivity contribution in [2.24, 2.45) is 0 Å². The number of nitrogens with zero attached hydrogens (tertiary/aromatic N) is 1. The summed E-state index contributed by atoms with van der Waals surface area (Å²) in [7, 11) is -3.42. The van der Waals surface area contributed by atoms with Gasteiger partial charge in [0, 0.05) is 23.1 Å². The number of halogens is 1. The Hall–Kier alpha value is -0.430. The molecule has 0 amide bonds. The summed E-state index contributed by atoms with van der Waals surface area (Å²) in [6.07, 6.45) is 2.98. The molecular weight excluding hydrogens is 340 g/mol. The van der Waals surface area contributed by atoms with Gasteiger partial charge in [0.15, 0.2) is 0 Å². The molecule has 2 rings (SSSR count). The second-order valence-corrected chi connectivity index (χ2v) is 7.93. The lowest BCUT2D eigenvalue weighted by atomic mass is 10.1. The first-order valence-electron chi connectivity index (χ1n) is 6.95. The molecule has 1 fully saturated rings. The highest BCUT2D eigenvalue weighted by atomic mass is 79.9. The minimum Gasteiger partial charge on any atom is -0.195 e. The average Bonchev–Trinajstić information content (AvgIpc) is 2.38. The molecule has 0 radical (unpaired) electrons. The van der Waals surface area contributed by atoms with Gasteiger partial charge in [-0.2, -0.15) is 17.4 Å². The van der Waals surface area contributed by atoms with Gasteiger partial charge < -0.3 is 0 Å². The van der Waals surface area contributed by atoms with Crippen molar-refractivity contribution in [1.29, 1.82) is 0 Å². The van der Waals surface area contributed by atoms with Crippen LogP contribution in [0, 0.1) is 0 Å². The van der Waals surface area contributed by atoms with Crippen molar-refractivity contribution in [2.75, 3.05) is 6.54 Å². The van der Waals surface area contributed by atoms with Crippen LogP contribution in [0.3, 0.4) is 0 Å². The average molecular weight is 361 g/mol. The van der Waals surface area contributed by atoms with Gasteiger partial charge >= 0.3 is 0 Å². The van der Waals surface area contributed by atoms with Crippen molar-refractivity contribution in [1.82, 2.24) is 9.03 Å². The summed E-state index contributed by atoms with van der Waals surface area (Å²) in [5.41, 5.74) is 0.951. The first-order chi connectivity index (χ1) is 9.40. The molecule has 1 heterocycles. The first kappa shape index (κ1) is 15.9. The third-order valence-electron chi connectivity index (χ3n) is 3.73. The van der Waals surface area contributed by atoms with Crippen molar-refractivity contribution in [3.05, 3.63) is 34.3 Å². The highest BCUT2D eigenvalue weighted by Gasteiger charge is 2.30. The van der Waals surface area contributed by atoms with E-state index < -0.39 is 10.2 Å². The van der Waals surface area contributed by atoms with Gasteiger partial charge in [0.1, 0.15) is 0 Å². The zero-order valence-corrected chi connectivity index (χ0v) is 14.2. The van der Waals surface area contributed by atoms with Crippen LogP contribution in [0.1, 0.15) is 44.7 Å². The maximum Gasteiger partial charge on any atom is 0.280 e. The van der Waals surface area contributed by atoms with E-state index in [0.717, 1.165) is 29.3 Å². The molecule has 1 aromatic rings. The molecule has 1 N–H and O–H groups in total. The van der Waals surface area contributed by atoms with E-state index in [9.17, 15) is 8.42 Å². The van der Waals surface area contributed by atoms with Gasteiger partial charge in [0.05, 0.1) is 0 Å². The van der Waals surface area contributed by atoms with Crippen LogP contribution in [-0.2, 0) is 10.2 Å². The molecule has 1 aliphatic rings. The van der Waals surface area contributed by atoms with Crippen LogP contribution in [0.2, 0.25) is 0 Å². The molecule has 0 spiro atoms. The highest BCUT2D eigenvalue weighted by Crippen LogP contribution is 2.22. The molecule has 112 valence electrons. The van der Waals surface area contributed by atoms with E-state index in [0.29, 0.717) is 6.54 Å². The van der Waals surface area contributed by atoms with E-state index in [1.165, 1.54) is 0 Å². The van der Waals surface area contributed by atoms with Gasteiger partial charge in [-0.1, -0.05) is 34.5 Å². The molecule has 2 unspecified atom stereocenters. The third kappa shape index (κ3) is 3.81. The Balaban J connectivity index is 2.11. The highest BCUT2D eigenvalue weighted by molar-refractivity contribution is 9.10. The summed E-state index contributed by atoms with van der Waals surface area (Å²) in [5, 5.41) is 0. The van der Waals surface area contributed by atoms with E-state index in [2.05, 4.69) is 20.7 Å². The molecule has 2 atom stereocenters. The molecule has 20 heavy (non-hydrogen) atoms. The number of piperidine rings is 1. The Morgan fingerprint density at radius 2 is 2.15 bits per heavy atom. The SMILES string of the molecule is CC(NS(=O)(=O)N1CCCCC1C)c1cccc(Br)c1. The smallest absolute Gasteiger partial charge is 0.195 e. The van der Waals surface area contributed by atoms with Gasteiger partial charge in [0.2, 0.25) is 0 Å². The monoisotopic (exact) mass is 360 g/mol. The van der Waals surface area contributed by atoms with Gasteiger partial charge in [-0.3, -0.25) is 0 Å². The Labute approximate surface area is 129 Å². The standard InChI is InChI=1S/C14H21BrN2O2S/c1-11-6-3-4-9-17(11)20(18,19)16-12(2)13-7-5-8-14(15)10-13/h5,7-8,10-12,16H,3-4,6,9H2,1-2H3. The predicted octanol–water partition coefficient (Wildman–Crippen LogP) is 3.22. The lowest BCUT2D eigenvalue weighted by Gasteiger charge is -2.33. The Morgan fingerprint density at radius 1 is 1.40 bits per heavy atom. The molecule has 0 aromatic heterocycles. The number of benzene rings is 1. The van der Waals surface area contributed by atoms with Crippen molar-refractivity contribution >= 4 is 26.1 Å². The van der Waals surface area contributed by atoms with Crippen LogP contribution >= 0.6 is 15.9 Å². The van der Waals surface area contributed by atoms with Crippen molar-refractivity contribution in [3.8, 4) is 0 Å². The summed E-state index contributed by atoms with van der Waals surface area (Å²) in [6, 6.07) is 7.54. The topological polar surface area (TPSA) is 49.4 Å². The predicted molar refractivity (Wildman–Crippen MR) is 84.6 cm³/mol. The van der Waals surface area contributed by atoms with E-state index in [1.807, 2.05) is 38.1 Å². The fourth-order valence-electron chi connectivity index (χ4n) is 2.56. The van der Waals surface area contributed by atoms with E-state index >= 15 is 0 Å². The molecule has 0 bridgehead atoms. The number of hydrogen-bond donors (Lipinski definition) is 1. The molecule has 1 saturated heterocycles. The van der Waals surface area contributed by atoms with Crippen molar-refractivity contribution in [3.63, 3.8) is 0 Å². The molecule has 6 heteroatoms. The normalized spacial score (nSPS) is 22.6. The zero-order chi connectivity index (χ0) is 14.8. The second-order valence-electron chi connectivity index (χ2n) is 5.36. The van der Waals surface area contributed by atoms with Gasteiger partial charge in [-0.15, -0.1) is 0 Å². The molecular formula is C14H21BrN2O2S. The summed E-state index contributed by atoms with van der Waals surface area (Å²) in [4.78, 5) is 0. The van der Waals surface area contributed by atoms with Crippen LogP contribution < -0.4 is 4.72 Å². The number of hydrogen-bond acceptors (Lipinski definition) is 2. The summed E-state index contributed by atoms with van der Waals surface area (Å²) in [5.74, 6) is 0. The quantitative estimate of drug-likeness (QED) is 0.895. The van der Waals surface area contributed by atoms with E-state index in [1.54, 1.807) is 4.31 Å². The minimum atomic E-state index is -3.42. The van der Waals surface area contributed by atoms with Crippen LogP contribution in [0.4, 0.5) is 0 Å². The Morgan fingerprint density at radius 3 is 2.80 bits per heavy atom. The molecule has 1 aromatic carbocycles. The first-order valence-corrected chi connectivity index (χ1v) is 9.18. The van der Waals surface area contributed by atoms with Crippen LogP contribution in [0.25, 0.3) is 0 Å². The summed E-state index contributed by atoms with van der Waals surface area (Å²) < 4.78 is 30.3. The van der Waals surface area contributed by atoms with Gasteiger partial charge in [0.25, 0.3) is 10.2 Å². The second kappa shape index (κ2) is 6.56. The zero-order valence-electron chi connectivity index (χ0n) is 11.8. The van der Waals surface area contributed by atoms with Gasteiger partial charge in [-0.05, 0) is 44.4 Å². The van der Waals surface area contributed by atoms with Crippen molar-refractivity contribution in [2.45, 2.75) is 45.2 Å². The number of rotatable bonds is 4. The van der Waals surface area contributed by atoms with Crippen molar-refractivity contribution < 1.29 is 8.42 Å². The third-order valence-corrected chi connectivity index (χ3v) is 6.03. The maximum atomic E-state index is 12.5. The summed E-state index contributed by atoms with van der Waals surface area (Å²) >= 11 is 3.41. The van der Waals surface area contributed by atoms with Crippen LogP contribution in [0.15, 0.2) is 28.7 Å².